The molecule has 0 radical (unpaired) electrons. The smallest absolute Gasteiger partial charge is 0.413 e. The summed E-state index contributed by atoms with van der Waals surface area (Å²) < 4.78 is 0.0382. The number of rotatable bonds is 11. The first kappa shape index (κ1) is 28.8. The van der Waals surface area contributed by atoms with Gasteiger partial charge in [-0.1, -0.05) is 0 Å². The molecule has 0 aromatic heterocycles. The van der Waals surface area contributed by atoms with Crippen LogP contribution in [0.2, 0.25) is 0 Å². The van der Waals surface area contributed by atoms with Gasteiger partial charge in [0.2, 0.25) is 11.8 Å². The van der Waals surface area contributed by atoms with Crippen molar-refractivity contribution in [3.63, 3.8) is 0 Å². The summed E-state index contributed by atoms with van der Waals surface area (Å²) >= 11 is 3.87. The maximum Gasteiger partial charge on any atom is 0.413 e. The fourth-order valence-corrected chi connectivity index (χ4v) is 1.77. The van der Waals surface area contributed by atoms with E-state index in [4.69, 9.17) is 26.8 Å². The van der Waals surface area contributed by atoms with Crippen LogP contribution in [0.25, 0.3) is 0 Å². The van der Waals surface area contributed by atoms with Crippen molar-refractivity contribution in [3.05, 3.63) is 0 Å². The minimum Gasteiger partial charge on any atom is -0.480 e. The zero-order chi connectivity index (χ0) is 23.2. The Morgan fingerprint density at radius 2 is 1.69 bits per heavy atom. The third-order valence-corrected chi connectivity index (χ3v) is 3.87. The first-order chi connectivity index (χ1) is 13.3. The number of urea groups is 1. The molecular formula is C15H30N5O8S+. The van der Waals surface area contributed by atoms with E-state index >= 15 is 0 Å². The SMILES string of the molecule is C[N+](C)(CCO)C(N)=O.NC(CCC(=O)NC(CS)C(=O)NCC(=O)O)C(=O)O. The normalized spacial score (nSPS) is 12.6. The molecule has 0 rings (SSSR count). The largest absolute Gasteiger partial charge is 0.480 e. The Labute approximate surface area is 173 Å². The number of nitrogens with zero attached hydrogens (tertiary/aromatic N) is 1. The summed E-state index contributed by atoms with van der Waals surface area (Å²) in [5.41, 5.74) is 10.2. The Bertz CT molecular complexity index is 587. The minimum atomic E-state index is -1.22. The van der Waals surface area contributed by atoms with Crippen LogP contribution in [0.15, 0.2) is 0 Å². The number of hydrogen-bond acceptors (Lipinski definition) is 8. The van der Waals surface area contributed by atoms with E-state index in [0.717, 1.165) is 0 Å². The molecule has 0 aliphatic rings. The molecule has 4 amide bonds. The summed E-state index contributed by atoms with van der Waals surface area (Å²) in [6.07, 6.45) is -0.235. The molecule has 0 spiro atoms. The number of aliphatic carboxylic acids is 2. The number of amides is 4. The summed E-state index contributed by atoms with van der Waals surface area (Å²) in [5.74, 6) is -3.70. The van der Waals surface area contributed by atoms with E-state index < -0.39 is 48.4 Å². The van der Waals surface area contributed by atoms with Gasteiger partial charge in [0, 0.05) is 12.2 Å². The first-order valence-corrected chi connectivity index (χ1v) is 9.03. The second-order valence-corrected chi connectivity index (χ2v) is 6.73. The maximum absolute atomic E-state index is 11.5. The quantitative estimate of drug-likeness (QED) is 0.120. The fraction of sp³-hybridized carbons (Fsp3) is 0.667. The van der Waals surface area contributed by atoms with E-state index in [1.165, 1.54) is 0 Å². The summed E-state index contributed by atoms with van der Waals surface area (Å²) in [6, 6.07) is -2.58. The monoisotopic (exact) mass is 440 g/mol. The van der Waals surface area contributed by atoms with Gasteiger partial charge in [0.25, 0.3) is 0 Å². The van der Waals surface area contributed by atoms with Crippen LogP contribution in [0, 0.1) is 0 Å². The maximum atomic E-state index is 11.5. The molecule has 2 atom stereocenters. The lowest BCUT2D eigenvalue weighted by molar-refractivity contribution is -0.808. The van der Waals surface area contributed by atoms with Crippen LogP contribution in [0.1, 0.15) is 12.8 Å². The van der Waals surface area contributed by atoms with Gasteiger partial charge in [0.15, 0.2) is 0 Å². The summed E-state index contributed by atoms with van der Waals surface area (Å²) in [5, 5.41) is 29.8. The Morgan fingerprint density at radius 3 is 2.03 bits per heavy atom. The molecule has 13 nitrogen and oxygen atoms in total. The number of aliphatic hydroxyl groups is 1. The highest BCUT2D eigenvalue weighted by atomic mass is 32.1. The third kappa shape index (κ3) is 14.3. The van der Waals surface area contributed by atoms with Gasteiger partial charge in [-0.15, -0.1) is 0 Å². The lowest BCUT2D eigenvalue weighted by atomic mass is 10.1. The molecule has 0 bridgehead atoms. The Hall–Kier alpha value is -2.42. The van der Waals surface area contributed by atoms with Gasteiger partial charge >= 0.3 is 18.0 Å². The van der Waals surface area contributed by atoms with E-state index in [0.29, 0.717) is 6.54 Å². The van der Waals surface area contributed by atoms with E-state index in [2.05, 4.69) is 23.3 Å². The predicted octanol–water partition coefficient (Wildman–Crippen LogP) is -3.07. The number of hydrogen-bond donors (Lipinski definition) is 8. The standard InChI is InChI=1S/C10H17N3O6S.C5H12N2O2/c11-5(10(18)19)1-2-7(14)13-6(4-20)9(17)12-3-8(15)16;1-7(2,3-4-8)5(6)9/h5-6,20H,1-4,11H2,(H,12,17)(H,13,14)(H,15,16)(H,18,19);8H,3-4H2,1-2H3,(H-,6,9)/p+1. The molecule has 2 unspecified atom stereocenters. The van der Waals surface area contributed by atoms with Crippen molar-refractivity contribution >= 4 is 42.4 Å². The van der Waals surface area contributed by atoms with E-state index in [1.807, 2.05) is 0 Å². The van der Waals surface area contributed by atoms with Crippen molar-refractivity contribution < 1.29 is 43.8 Å². The number of carboxylic acid groups (broad SMARTS) is 2. The zero-order valence-electron chi connectivity index (χ0n) is 16.3. The third-order valence-electron chi connectivity index (χ3n) is 3.50. The molecule has 168 valence electrons. The number of thiol groups is 1. The van der Waals surface area contributed by atoms with E-state index in [1.54, 1.807) is 14.1 Å². The van der Waals surface area contributed by atoms with Gasteiger partial charge in [0.1, 0.15) is 25.2 Å². The molecule has 9 N–H and O–H groups in total. The first-order valence-electron chi connectivity index (χ1n) is 8.40. The molecule has 29 heavy (non-hydrogen) atoms. The summed E-state index contributed by atoms with van der Waals surface area (Å²) in [4.78, 5) is 54.2. The number of aliphatic hydroxyl groups excluding tert-OH is 1. The van der Waals surface area contributed by atoms with E-state index in [9.17, 15) is 24.0 Å². The number of primary amides is 1. The van der Waals surface area contributed by atoms with Crippen LogP contribution in [0.4, 0.5) is 4.79 Å². The van der Waals surface area contributed by atoms with Gasteiger partial charge in [-0.25, -0.2) is 9.28 Å². The van der Waals surface area contributed by atoms with Gasteiger partial charge in [-0.3, -0.25) is 19.2 Å². The number of carbonyl (C=O) groups is 5. The minimum absolute atomic E-state index is 0.0179. The van der Waals surface area contributed by atoms with Gasteiger partial charge < -0.3 is 37.4 Å². The average molecular weight is 440 g/mol. The number of carboxylic acids is 2. The van der Waals surface area contributed by atoms with Gasteiger partial charge in [0.05, 0.1) is 20.7 Å². The highest BCUT2D eigenvalue weighted by Crippen LogP contribution is 1.97. The van der Waals surface area contributed by atoms with Crippen molar-refractivity contribution in [3.8, 4) is 0 Å². The molecule has 0 aliphatic carbocycles. The molecule has 0 aliphatic heterocycles. The van der Waals surface area contributed by atoms with Crippen LogP contribution >= 0.6 is 12.6 Å². The molecule has 0 aromatic carbocycles. The molecule has 0 heterocycles. The van der Waals surface area contributed by atoms with Crippen LogP contribution in [0.3, 0.4) is 0 Å². The molecule has 0 fully saturated rings. The Morgan fingerprint density at radius 1 is 1.14 bits per heavy atom. The highest BCUT2D eigenvalue weighted by Gasteiger charge is 2.22. The average Bonchev–Trinajstić information content (AvgIpc) is 2.62. The second-order valence-electron chi connectivity index (χ2n) is 6.37. The van der Waals surface area contributed by atoms with Crippen LogP contribution in [-0.2, 0) is 19.2 Å². The number of nitrogens with two attached hydrogens (primary N) is 2. The van der Waals surface area contributed by atoms with Crippen molar-refractivity contribution in [1.82, 2.24) is 10.6 Å². The van der Waals surface area contributed by atoms with Gasteiger partial charge in [-0.2, -0.15) is 12.6 Å². The summed E-state index contributed by atoms with van der Waals surface area (Å²) in [7, 11) is 3.30. The number of likely N-dealkylation sites (N-methyl/N-ethyl adjacent to an activating group) is 1. The molecule has 0 aromatic rings. The topological polar surface area (TPSA) is 222 Å². The molecule has 0 saturated carbocycles. The van der Waals surface area contributed by atoms with Crippen LogP contribution in [-0.4, -0.2) is 101 Å². The fourth-order valence-electron chi connectivity index (χ4n) is 1.52. The lowest BCUT2D eigenvalue weighted by Crippen LogP contribution is -2.50. The van der Waals surface area contributed by atoms with Crippen molar-refractivity contribution in [2.24, 2.45) is 11.5 Å². The zero-order valence-corrected chi connectivity index (χ0v) is 17.2. The second kappa shape index (κ2) is 14.6. The van der Waals surface area contributed by atoms with Crippen LogP contribution < -0.4 is 22.1 Å². The number of nitrogens with one attached hydrogen (secondary N) is 2. The van der Waals surface area contributed by atoms with Crippen molar-refractivity contribution in [1.29, 1.82) is 0 Å². The molecular weight excluding hydrogens is 410 g/mol. The summed E-state index contributed by atoms with van der Waals surface area (Å²) in [6.45, 7) is -0.214. The Kier molecular flexibility index (Phi) is 14.5. The predicted molar refractivity (Wildman–Crippen MR) is 105 cm³/mol. The Balaban J connectivity index is 0. The van der Waals surface area contributed by atoms with Crippen molar-refractivity contribution in [2.45, 2.75) is 24.9 Å². The molecule has 14 heteroatoms. The van der Waals surface area contributed by atoms with Crippen LogP contribution in [0.5, 0.6) is 0 Å². The number of carbonyl (C=O) groups excluding carboxylic acids is 3. The van der Waals surface area contributed by atoms with Gasteiger partial charge in [-0.05, 0) is 6.42 Å². The van der Waals surface area contributed by atoms with E-state index in [-0.39, 0.29) is 29.7 Å². The lowest BCUT2D eigenvalue weighted by Gasteiger charge is -2.22. The number of quaternary nitrogens is 1. The highest BCUT2D eigenvalue weighted by molar-refractivity contribution is 7.80. The van der Waals surface area contributed by atoms with Crippen molar-refractivity contribution in [2.75, 3.05) is 39.5 Å². The molecule has 0 saturated heterocycles.